The van der Waals surface area contributed by atoms with Gasteiger partial charge in [-0.2, -0.15) is 5.10 Å². The smallest absolute Gasteiger partial charge is 0.137 e. The van der Waals surface area contributed by atoms with Crippen molar-refractivity contribution >= 4 is 17.4 Å². The second kappa shape index (κ2) is 5.83. The van der Waals surface area contributed by atoms with E-state index in [1.54, 1.807) is 10.9 Å². The first kappa shape index (κ1) is 12.8. The molecule has 2 rings (SSSR count). The summed E-state index contributed by atoms with van der Waals surface area (Å²) in [5.41, 5.74) is 2.07. The van der Waals surface area contributed by atoms with Crippen LogP contribution in [0.1, 0.15) is 17.5 Å². The van der Waals surface area contributed by atoms with Crippen LogP contribution in [0.15, 0.2) is 36.7 Å². The van der Waals surface area contributed by atoms with Gasteiger partial charge in [0.1, 0.15) is 5.78 Å². The Kier molecular flexibility index (Phi) is 4.15. The van der Waals surface area contributed by atoms with E-state index in [0.29, 0.717) is 17.9 Å². The fraction of sp³-hybridized carbons (Fsp3) is 0.286. The molecule has 0 atom stereocenters. The van der Waals surface area contributed by atoms with Crippen LogP contribution in [-0.2, 0) is 24.7 Å². The van der Waals surface area contributed by atoms with Crippen LogP contribution in [0.3, 0.4) is 0 Å². The van der Waals surface area contributed by atoms with Gasteiger partial charge in [-0.15, -0.1) is 0 Å². The number of carbonyl (C=O) groups is 1. The third-order valence-corrected chi connectivity index (χ3v) is 2.98. The van der Waals surface area contributed by atoms with E-state index in [1.807, 2.05) is 37.5 Å². The molecule has 0 amide bonds. The van der Waals surface area contributed by atoms with Crippen LogP contribution in [-0.4, -0.2) is 15.6 Å². The number of ketones is 1. The first-order valence-electron chi connectivity index (χ1n) is 5.87. The molecule has 0 fully saturated rings. The van der Waals surface area contributed by atoms with Gasteiger partial charge in [-0.25, -0.2) is 0 Å². The fourth-order valence-corrected chi connectivity index (χ4v) is 2.06. The van der Waals surface area contributed by atoms with E-state index in [4.69, 9.17) is 11.6 Å². The maximum atomic E-state index is 11.8. The van der Waals surface area contributed by atoms with Crippen molar-refractivity contribution in [3.8, 4) is 0 Å². The van der Waals surface area contributed by atoms with Gasteiger partial charge in [0.05, 0.1) is 6.20 Å². The molecular formula is C14H15ClN2O. The molecule has 0 unspecified atom stereocenters. The van der Waals surface area contributed by atoms with Crippen LogP contribution in [0, 0.1) is 0 Å². The quantitative estimate of drug-likeness (QED) is 0.831. The van der Waals surface area contributed by atoms with E-state index in [9.17, 15) is 4.79 Å². The minimum absolute atomic E-state index is 0.223. The van der Waals surface area contributed by atoms with Crippen LogP contribution < -0.4 is 0 Å². The molecule has 94 valence electrons. The lowest BCUT2D eigenvalue weighted by Gasteiger charge is -2.01. The monoisotopic (exact) mass is 262 g/mol. The van der Waals surface area contributed by atoms with E-state index in [2.05, 4.69) is 5.10 Å². The van der Waals surface area contributed by atoms with Crippen LogP contribution in [0.5, 0.6) is 0 Å². The maximum absolute atomic E-state index is 11.8. The number of aryl methyl sites for hydroxylation is 2. The number of nitrogens with zero attached hydrogens (tertiary/aromatic N) is 2. The zero-order valence-electron chi connectivity index (χ0n) is 10.3. The first-order chi connectivity index (χ1) is 8.63. The lowest BCUT2D eigenvalue weighted by atomic mass is 10.0. The topological polar surface area (TPSA) is 34.9 Å². The summed E-state index contributed by atoms with van der Waals surface area (Å²) in [6, 6.07) is 7.44. The van der Waals surface area contributed by atoms with Crippen LogP contribution >= 0.6 is 11.6 Å². The molecule has 0 saturated carbocycles. The average molecular weight is 263 g/mol. The molecule has 0 aliphatic rings. The third kappa shape index (κ3) is 3.70. The number of hydrogen-bond acceptors (Lipinski definition) is 2. The minimum atomic E-state index is 0.223. The highest BCUT2D eigenvalue weighted by Gasteiger charge is 2.05. The lowest BCUT2D eigenvalue weighted by Crippen LogP contribution is -2.04. The lowest BCUT2D eigenvalue weighted by molar-refractivity contribution is -0.118. The largest absolute Gasteiger partial charge is 0.299 e. The van der Waals surface area contributed by atoms with Gasteiger partial charge in [0.2, 0.25) is 0 Å². The van der Waals surface area contributed by atoms with Crippen molar-refractivity contribution in [1.29, 1.82) is 0 Å². The summed E-state index contributed by atoms with van der Waals surface area (Å²) < 4.78 is 1.75. The Morgan fingerprint density at radius 2 is 2.22 bits per heavy atom. The predicted molar refractivity (Wildman–Crippen MR) is 71.7 cm³/mol. The zero-order chi connectivity index (χ0) is 13.0. The molecule has 4 heteroatoms. The van der Waals surface area contributed by atoms with Crippen molar-refractivity contribution in [2.24, 2.45) is 7.05 Å². The van der Waals surface area contributed by atoms with Crippen molar-refractivity contribution in [3.63, 3.8) is 0 Å². The highest BCUT2D eigenvalue weighted by Crippen LogP contribution is 2.12. The number of hydrogen-bond donors (Lipinski definition) is 0. The molecule has 1 aromatic heterocycles. The zero-order valence-corrected chi connectivity index (χ0v) is 11.0. The molecule has 0 N–H and O–H groups in total. The Morgan fingerprint density at radius 1 is 1.39 bits per heavy atom. The molecule has 18 heavy (non-hydrogen) atoms. The molecular weight excluding hydrogens is 248 g/mol. The number of Topliss-reactive ketones (excluding diaryl/α,β-unsaturated/α-hetero) is 1. The van der Waals surface area contributed by atoms with Gasteiger partial charge in [-0.05, 0) is 29.7 Å². The molecule has 2 aromatic rings. The molecule has 3 nitrogen and oxygen atoms in total. The van der Waals surface area contributed by atoms with Gasteiger partial charge in [-0.3, -0.25) is 9.48 Å². The van der Waals surface area contributed by atoms with Crippen molar-refractivity contribution in [2.75, 3.05) is 0 Å². The molecule has 0 bridgehead atoms. The molecule has 0 aliphatic carbocycles. The number of halogens is 1. The van der Waals surface area contributed by atoms with Gasteiger partial charge < -0.3 is 0 Å². The maximum Gasteiger partial charge on any atom is 0.137 e. The van der Waals surface area contributed by atoms with E-state index >= 15 is 0 Å². The van der Waals surface area contributed by atoms with Crippen molar-refractivity contribution < 1.29 is 4.79 Å². The first-order valence-corrected chi connectivity index (χ1v) is 6.25. The van der Waals surface area contributed by atoms with E-state index in [-0.39, 0.29) is 5.78 Å². The molecule has 1 aromatic carbocycles. The molecule has 1 heterocycles. The fourth-order valence-electron chi connectivity index (χ4n) is 1.85. The van der Waals surface area contributed by atoms with E-state index in [0.717, 1.165) is 17.5 Å². The highest BCUT2D eigenvalue weighted by molar-refractivity contribution is 6.30. The predicted octanol–water partition coefficient (Wildman–Crippen LogP) is 2.82. The highest BCUT2D eigenvalue weighted by atomic mass is 35.5. The third-order valence-electron chi connectivity index (χ3n) is 2.74. The number of benzene rings is 1. The second-order valence-electron chi connectivity index (χ2n) is 4.37. The molecule has 0 aliphatic heterocycles. The van der Waals surface area contributed by atoms with Crippen molar-refractivity contribution in [1.82, 2.24) is 9.78 Å². The average Bonchev–Trinajstić information content (AvgIpc) is 2.73. The standard InChI is InChI=1S/C14H15ClN2O/c1-17-10-12(9-16-17)5-6-14(18)8-11-3-2-4-13(15)7-11/h2-4,7,9-10H,5-6,8H2,1H3. The molecule has 0 radical (unpaired) electrons. The summed E-state index contributed by atoms with van der Waals surface area (Å²) in [5, 5.41) is 4.75. The van der Waals surface area contributed by atoms with E-state index in [1.165, 1.54) is 0 Å². The minimum Gasteiger partial charge on any atom is -0.299 e. The summed E-state index contributed by atoms with van der Waals surface area (Å²) in [6.07, 6.45) is 5.46. The van der Waals surface area contributed by atoms with Gasteiger partial charge in [0.15, 0.2) is 0 Å². The Labute approximate surface area is 111 Å². The normalized spacial score (nSPS) is 10.6. The molecule has 0 saturated heterocycles. The van der Waals surface area contributed by atoms with Crippen molar-refractivity contribution in [3.05, 3.63) is 52.8 Å². The SMILES string of the molecule is Cn1cc(CCC(=O)Cc2cccc(Cl)c2)cn1. The summed E-state index contributed by atoms with van der Waals surface area (Å²) in [7, 11) is 1.87. The Balaban J connectivity index is 1.85. The Bertz CT molecular complexity index is 548. The van der Waals surface area contributed by atoms with Crippen LogP contribution in [0.2, 0.25) is 5.02 Å². The summed E-state index contributed by atoms with van der Waals surface area (Å²) in [4.78, 5) is 11.8. The van der Waals surface area contributed by atoms with Gasteiger partial charge in [0.25, 0.3) is 0 Å². The van der Waals surface area contributed by atoms with Crippen LogP contribution in [0.25, 0.3) is 0 Å². The number of carbonyl (C=O) groups excluding carboxylic acids is 1. The number of rotatable bonds is 5. The van der Waals surface area contributed by atoms with Gasteiger partial charge in [0, 0.05) is 31.1 Å². The summed E-state index contributed by atoms with van der Waals surface area (Å²) >= 11 is 5.88. The Hall–Kier alpha value is -1.61. The van der Waals surface area contributed by atoms with Gasteiger partial charge >= 0.3 is 0 Å². The van der Waals surface area contributed by atoms with Gasteiger partial charge in [-0.1, -0.05) is 23.7 Å². The second-order valence-corrected chi connectivity index (χ2v) is 4.80. The summed E-state index contributed by atoms with van der Waals surface area (Å²) in [5.74, 6) is 0.223. The summed E-state index contributed by atoms with van der Waals surface area (Å²) in [6.45, 7) is 0. The van der Waals surface area contributed by atoms with E-state index < -0.39 is 0 Å². The van der Waals surface area contributed by atoms with Crippen molar-refractivity contribution in [2.45, 2.75) is 19.3 Å². The molecule has 0 spiro atoms. The van der Waals surface area contributed by atoms with Crippen LogP contribution in [0.4, 0.5) is 0 Å². The Morgan fingerprint density at radius 3 is 2.89 bits per heavy atom. The number of aromatic nitrogens is 2.